The summed E-state index contributed by atoms with van der Waals surface area (Å²) in [5.74, 6) is 3.52. The number of nitrogens with zero attached hydrogens (tertiary/aromatic N) is 2. The first-order valence-corrected chi connectivity index (χ1v) is 9.75. The first-order valence-electron chi connectivity index (χ1n) is 9.75. The second kappa shape index (κ2) is 6.30. The van der Waals surface area contributed by atoms with Gasteiger partial charge in [0.05, 0.1) is 0 Å². The zero-order valence-electron chi connectivity index (χ0n) is 15.3. The van der Waals surface area contributed by atoms with E-state index in [1.807, 2.05) is 36.5 Å². The Bertz CT molecular complexity index is 911. The van der Waals surface area contributed by atoms with Gasteiger partial charge in [-0.05, 0) is 55.6 Å². The lowest BCUT2D eigenvalue weighted by Gasteiger charge is -2.57. The molecule has 4 aliphatic rings. The SMILES string of the molecule is C#Cc1cccc(C(=O)C23C(c4cccnc4)CNC2C2CCN3CC2)c1. The fourth-order valence-corrected chi connectivity index (χ4v) is 5.70. The highest BCUT2D eigenvalue weighted by atomic mass is 16.1. The van der Waals surface area contributed by atoms with Crippen molar-refractivity contribution in [2.75, 3.05) is 19.6 Å². The molecule has 3 atom stereocenters. The van der Waals surface area contributed by atoms with Crippen LogP contribution in [0.2, 0.25) is 0 Å². The van der Waals surface area contributed by atoms with Crippen LogP contribution in [0, 0.1) is 18.3 Å². The highest BCUT2D eigenvalue weighted by Gasteiger charge is 2.64. The average Bonchev–Trinajstić information content (AvgIpc) is 3.18. The first kappa shape index (κ1) is 16.7. The second-order valence-electron chi connectivity index (χ2n) is 7.93. The topological polar surface area (TPSA) is 45.2 Å². The Morgan fingerprint density at radius 3 is 2.85 bits per heavy atom. The van der Waals surface area contributed by atoms with Crippen LogP contribution in [0.1, 0.15) is 40.2 Å². The summed E-state index contributed by atoms with van der Waals surface area (Å²) in [7, 11) is 0. The molecule has 1 N–H and O–H groups in total. The van der Waals surface area contributed by atoms with E-state index in [1.165, 1.54) is 0 Å². The first-order chi connectivity index (χ1) is 13.2. The summed E-state index contributed by atoms with van der Waals surface area (Å²) >= 11 is 0. The summed E-state index contributed by atoms with van der Waals surface area (Å²) in [6.07, 6.45) is 11.6. The number of fused-ring (bicyclic) bond motifs is 2. The molecule has 5 heterocycles. The van der Waals surface area contributed by atoms with Gasteiger partial charge >= 0.3 is 0 Å². The maximum absolute atomic E-state index is 14.1. The number of hydrogen-bond acceptors (Lipinski definition) is 4. The van der Waals surface area contributed by atoms with E-state index in [0.29, 0.717) is 5.92 Å². The number of benzene rings is 1. The molecule has 0 amide bonds. The van der Waals surface area contributed by atoms with Gasteiger partial charge in [0.2, 0.25) is 0 Å². The number of aromatic nitrogens is 1. The third-order valence-electron chi connectivity index (χ3n) is 6.82. The third kappa shape index (κ3) is 2.32. The molecular formula is C23H23N3O. The van der Waals surface area contributed by atoms with Crippen LogP contribution in [0.5, 0.6) is 0 Å². The number of ketones is 1. The van der Waals surface area contributed by atoms with Crippen LogP contribution in [0.15, 0.2) is 48.8 Å². The van der Waals surface area contributed by atoms with Crippen molar-refractivity contribution in [3.8, 4) is 12.3 Å². The Kier molecular flexibility index (Phi) is 3.89. The zero-order chi connectivity index (χ0) is 18.4. The molecule has 3 unspecified atom stereocenters. The largest absolute Gasteiger partial charge is 0.311 e. The normalized spacial score (nSPS) is 34.0. The van der Waals surface area contributed by atoms with Crippen LogP contribution in [-0.4, -0.2) is 46.9 Å². The number of Topliss-reactive ketones (excluding diaryl/α,β-unsaturated/α-hetero) is 1. The molecule has 0 aliphatic carbocycles. The fourth-order valence-electron chi connectivity index (χ4n) is 5.70. The molecule has 1 aromatic heterocycles. The van der Waals surface area contributed by atoms with Crippen LogP contribution >= 0.6 is 0 Å². The predicted molar refractivity (Wildman–Crippen MR) is 105 cm³/mol. The lowest BCUT2D eigenvalue weighted by Crippen LogP contribution is -2.72. The van der Waals surface area contributed by atoms with E-state index < -0.39 is 5.54 Å². The number of piperidine rings is 3. The molecule has 4 saturated heterocycles. The van der Waals surface area contributed by atoms with E-state index >= 15 is 0 Å². The molecule has 4 aliphatic heterocycles. The minimum Gasteiger partial charge on any atom is -0.311 e. The maximum atomic E-state index is 14.1. The van der Waals surface area contributed by atoms with Gasteiger partial charge in [0, 0.05) is 42.0 Å². The molecule has 1 aromatic carbocycles. The Hall–Kier alpha value is -2.48. The summed E-state index contributed by atoms with van der Waals surface area (Å²) in [4.78, 5) is 20.9. The molecule has 0 saturated carbocycles. The lowest BCUT2D eigenvalue weighted by atomic mass is 9.63. The Morgan fingerprint density at radius 1 is 1.26 bits per heavy atom. The van der Waals surface area contributed by atoms with E-state index in [9.17, 15) is 4.79 Å². The Morgan fingerprint density at radius 2 is 2.11 bits per heavy atom. The summed E-state index contributed by atoms with van der Waals surface area (Å²) in [6, 6.07) is 11.8. The summed E-state index contributed by atoms with van der Waals surface area (Å²) in [5, 5.41) is 3.73. The molecular weight excluding hydrogens is 334 g/mol. The van der Waals surface area contributed by atoms with Crippen LogP contribution in [0.4, 0.5) is 0 Å². The van der Waals surface area contributed by atoms with Crippen molar-refractivity contribution in [2.24, 2.45) is 5.92 Å². The summed E-state index contributed by atoms with van der Waals surface area (Å²) in [6.45, 7) is 2.78. The molecule has 0 radical (unpaired) electrons. The molecule has 27 heavy (non-hydrogen) atoms. The number of carbonyl (C=O) groups is 1. The number of terminal acetylenes is 1. The lowest BCUT2D eigenvalue weighted by molar-refractivity contribution is -0.0313. The van der Waals surface area contributed by atoms with E-state index in [-0.39, 0.29) is 17.7 Å². The molecule has 4 heteroatoms. The molecule has 4 nitrogen and oxygen atoms in total. The Labute approximate surface area is 160 Å². The quantitative estimate of drug-likeness (QED) is 0.677. The van der Waals surface area contributed by atoms with E-state index in [4.69, 9.17) is 6.42 Å². The summed E-state index contributed by atoms with van der Waals surface area (Å²) < 4.78 is 0. The van der Waals surface area contributed by atoms with Crippen molar-refractivity contribution < 1.29 is 4.79 Å². The van der Waals surface area contributed by atoms with Crippen LogP contribution in [-0.2, 0) is 0 Å². The van der Waals surface area contributed by atoms with Crippen LogP contribution in [0.3, 0.4) is 0 Å². The number of nitrogens with one attached hydrogen (secondary N) is 1. The molecule has 136 valence electrons. The molecule has 2 aromatic rings. The van der Waals surface area contributed by atoms with Gasteiger partial charge < -0.3 is 5.32 Å². The zero-order valence-corrected chi connectivity index (χ0v) is 15.3. The Balaban J connectivity index is 1.67. The third-order valence-corrected chi connectivity index (χ3v) is 6.82. The molecule has 4 fully saturated rings. The van der Waals surface area contributed by atoms with Crippen molar-refractivity contribution in [1.29, 1.82) is 0 Å². The van der Waals surface area contributed by atoms with Gasteiger partial charge in [0.1, 0.15) is 5.54 Å². The van der Waals surface area contributed by atoms with E-state index in [2.05, 4.69) is 27.2 Å². The second-order valence-corrected chi connectivity index (χ2v) is 7.93. The van der Waals surface area contributed by atoms with Gasteiger partial charge in [0.15, 0.2) is 5.78 Å². The summed E-state index contributed by atoms with van der Waals surface area (Å²) in [5.41, 5.74) is 2.08. The predicted octanol–water partition coefficient (Wildman–Crippen LogP) is 2.47. The van der Waals surface area contributed by atoms with Gasteiger partial charge in [-0.3, -0.25) is 14.7 Å². The van der Waals surface area contributed by atoms with Gasteiger partial charge in [-0.25, -0.2) is 0 Å². The van der Waals surface area contributed by atoms with Gasteiger partial charge in [0.25, 0.3) is 0 Å². The van der Waals surface area contributed by atoms with E-state index in [1.54, 1.807) is 6.20 Å². The minimum absolute atomic E-state index is 0.0984. The number of carbonyl (C=O) groups excluding carboxylic acids is 1. The van der Waals surface area contributed by atoms with E-state index in [0.717, 1.165) is 49.2 Å². The van der Waals surface area contributed by atoms with Crippen molar-refractivity contribution in [2.45, 2.75) is 30.3 Å². The van der Waals surface area contributed by atoms with Crippen molar-refractivity contribution in [3.63, 3.8) is 0 Å². The van der Waals surface area contributed by atoms with Crippen LogP contribution in [0.25, 0.3) is 0 Å². The highest BCUT2D eigenvalue weighted by Crippen LogP contribution is 2.51. The number of pyridine rings is 1. The van der Waals surface area contributed by atoms with Gasteiger partial charge in [-0.1, -0.05) is 24.1 Å². The minimum atomic E-state index is -0.544. The number of hydrogen-bond donors (Lipinski definition) is 1. The van der Waals surface area contributed by atoms with Crippen molar-refractivity contribution >= 4 is 5.78 Å². The fraction of sp³-hybridized carbons (Fsp3) is 0.391. The smallest absolute Gasteiger partial charge is 0.185 e. The van der Waals surface area contributed by atoms with Gasteiger partial charge in [-0.2, -0.15) is 0 Å². The average molecular weight is 357 g/mol. The van der Waals surface area contributed by atoms with Crippen LogP contribution < -0.4 is 5.32 Å². The maximum Gasteiger partial charge on any atom is 0.185 e. The molecule has 0 spiro atoms. The van der Waals surface area contributed by atoms with Gasteiger partial charge in [-0.15, -0.1) is 6.42 Å². The highest BCUT2D eigenvalue weighted by molar-refractivity contribution is 6.05. The molecule has 2 bridgehead atoms. The number of rotatable bonds is 3. The van der Waals surface area contributed by atoms with Crippen molar-refractivity contribution in [3.05, 3.63) is 65.5 Å². The standard InChI is InChI=1S/C23H23N3O/c1-2-16-5-3-6-18(13-16)22(27)23-20(19-7-4-10-24-14-19)15-25-21(23)17-8-11-26(23)12-9-17/h1,3-7,10,13-14,17,20-21,25H,8-9,11-12,15H2. The monoisotopic (exact) mass is 357 g/mol. The van der Waals surface area contributed by atoms with Crippen molar-refractivity contribution in [1.82, 2.24) is 15.2 Å². The molecule has 6 rings (SSSR count).